The highest BCUT2D eigenvalue weighted by Crippen LogP contribution is 2.21. The van der Waals surface area contributed by atoms with Crippen molar-refractivity contribution in [1.82, 2.24) is 5.32 Å². The zero-order valence-corrected chi connectivity index (χ0v) is 14.0. The lowest BCUT2D eigenvalue weighted by Crippen LogP contribution is -2.33. The van der Waals surface area contributed by atoms with Crippen LogP contribution in [0.25, 0.3) is 0 Å². The third kappa shape index (κ3) is 5.43. The van der Waals surface area contributed by atoms with E-state index in [1.807, 2.05) is 13.0 Å². The molecule has 0 aliphatic heterocycles. The summed E-state index contributed by atoms with van der Waals surface area (Å²) < 4.78 is 24.8. The van der Waals surface area contributed by atoms with Gasteiger partial charge in [-0.05, 0) is 44.9 Å². The van der Waals surface area contributed by atoms with Crippen LogP contribution in [0.1, 0.15) is 39.2 Å². The largest absolute Gasteiger partial charge is 0.314 e. The van der Waals surface area contributed by atoms with Gasteiger partial charge in [0.2, 0.25) is 0 Å². The molecule has 5 heteroatoms. The minimum absolute atomic E-state index is 0.00827. The topological polar surface area (TPSA) is 46.2 Å². The van der Waals surface area contributed by atoms with Crippen LogP contribution in [0.3, 0.4) is 0 Å². The van der Waals surface area contributed by atoms with Crippen molar-refractivity contribution in [2.45, 2.75) is 50.7 Å². The molecule has 0 aliphatic carbocycles. The molecule has 2 atom stereocenters. The smallest absolute Gasteiger partial charge is 0.157 e. The van der Waals surface area contributed by atoms with Gasteiger partial charge in [-0.15, -0.1) is 0 Å². The molecule has 114 valence electrons. The van der Waals surface area contributed by atoms with Crippen molar-refractivity contribution in [3.8, 4) is 0 Å². The fourth-order valence-electron chi connectivity index (χ4n) is 2.09. The summed E-state index contributed by atoms with van der Waals surface area (Å²) in [4.78, 5) is 0. The van der Waals surface area contributed by atoms with Gasteiger partial charge in [0.25, 0.3) is 0 Å². The van der Waals surface area contributed by atoms with Crippen molar-refractivity contribution in [2.75, 3.05) is 6.54 Å². The SMILES string of the molecule is CCCNC(C)CC(C)S(=O)(=O)Cc1ccccc1Cl. The number of halogens is 1. The maximum absolute atomic E-state index is 12.4. The molecule has 0 aromatic heterocycles. The van der Waals surface area contributed by atoms with Crippen molar-refractivity contribution in [3.63, 3.8) is 0 Å². The first-order chi connectivity index (χ1) is 9.36. The molecule has 0 amide bonds. The lowest BCUT2D eigenvalue weighted by atomic mass is 10.2. The third-order valence-electron chi connectivity index (χ3n) is 3.36. The van der Waals surface area contributed by atoms with Gasteiger partial charge in [0.1, 0.15) is 0 Å². The Hall–Kier alpha value is -0.580. The van der Waals surface area contributed by atoms with E-state index in [-0.39, 0.29) is 17.0 Å². The summed E-state index contributed by atoms with van der Waals surface area (Å²) >= 11 is 6.03. The molecule has 0 radical (unpaired) electrons. The monoisotopic (exact) mass is 317 g/mol. The standard InChI is InChI=1S/C15H24ClNO2S/c1-4-9-17-12(2)10-13(3)20(18,19)11-14-7-5-6-8-15(14)16/h5-8,12-13,17H,4,9-11H2,1-3H3. The average molecular weight is 318 g/mol. The van der Waals surface area contributed by atoms with Crippen LogP contribution in [0, 0.1) is 0 Å². The van der Waals surface area contributed by atoms with Gasteiger partial charge < -0.3 is 5.32 Å². The summed E-state index contributed by atoms with van der Waals surface area (Å²) in [6.45, 7) is 6.81. The summed E-state index contributed by atoms with van der Waals surface area (Å²) in [5, 5.41) is 3.46. The Morgan fingerprint density at radius 3 is 2.50 bits per heavy atom. The lowest BCUT2D eigenvalue weighted by Gasteiger charge is -2.19. The van der Waals surface area contributed by atoms with E-state index in [0.717, 1.165) is 13.0 Å². The molecule has 1 aromatic carbocycles. The van der Waals surface area contributed by atoms with Crippen LogP contribution in [0.4, 0.5) is 0 Å². The number of rotatable bonds is 8. The maximum atomic E-state index is 12.4. The normalized spacial score (nSPS) is 15.0. The second-order valence-corrected chi connectivity index (χ2v) is 8.13. The van der Waals surface area contributed by atoms with Crippen LogP contribution < -0.4 is 5.32 Å². The van der Waals surface area contributed by atoms with Gasteiger partial charge in [0, 0.05) is 11.1 Å². The van der Waals surface area contributed by atoms with E-state index < -0.39 is 9.84 Å². The summed E-state index contributed by atoms with van der Waals surface area (Å²) in [5.41, 5.74) is 0.676. The van der Waals surface area contributed by atoms with E-state index in [1.165, 1.54) is 0 Å². The molecular formula is C15H24ClNO2S. The minimum atomic E-state index is -3.18. The molecule has 0 saturated heterocycles. The summed E-state index contributed by atoms with van der Waals surface area (Å²) in [6, 6.07) is 7.31. The Morgan fingerprint density at radius 2 is 1.90 bits per heavy atom. The van der Waals surface area contributed by atoms with Gasteiger partial charge in [-0.1, -0.05) is 36.7 Å². The molecule has 0 bridgehead atoms. The number of nitrogens with one attached hydrogen (secondary N) is 1. The van der Waals surface area contributed by atoms with Crippen LogP contribution >= 0.6 is 11.6 Å². The molecule has 1 N–H and O–H groups in total. The Balaban J connectivity index is 2.66. The van der Waals surface area contributed by atoms with Gasteiger partial charge in [-0.2, -0.15) is 0 Å². The first kappa shape index (κ1) is 17.5. The zero-order valence-electron chi connectivity index (χ0n) is 12.4. The van der Waals surface area contributed by atoms with Crippen molar-refractivity contribution < 1.29 is 8.42 Å². The van der Waals surface area contributed by atoms with Crippen LogP contribution in [0.2, 0.25) is 5.02 Å². The highest BCUT2D eigenvalue weighted by molar-refractivity contribution is 7.91. The van der Waals surface area contributed by atoms with E-state index in [9.17, 15) is 8.42 Å². The van der Waals surface area contributed by atoms with E-state index >= 15 is 0 Å². The van der Waals surface area contributed by atoms with E-state index in [1.54, 1.807) is 25.1 Å². The summed E-state index contributed by atoms with van der Waals surface area (Å²) in [6.07, 6.45) is 1.66. The number of benzene rings is 1. The second-order valence-electron chi connectivity index (χ2n) is 5.30. The molecule has 0 heterocycles. The van der Waals surface area contributed by atoms with Gasteiger partial charge in [0.15, 0.2) is 9.84 Å². The van der Waals surface area contributed by atoms with E-state index in [4.69, 9.17) is 11.6 Å². The average Bonchev–Trinajstić information content (AvgIpc) is 2.38. The molecule has 0 saturated carbocycles. The number of hydrogen-bond acceptors (Lipinski definition) is 3. The van der Waals surface area contributed by atoms with Crippen molar-refractivity contribution in [2.24, 2.45) is 0 Å². The molecule has 1 aromatic rings. The second kappa shape index (κ2) is 8.01. The molecular weight excluding hydrogens is 294 g/mol. The number of hydrogen-bond donors (Lipinski definition) is 1. The zero-order chi connectivity index (χ0) is 15.2. The van der Waals surface area contributed by atoms with Gasteiger partial charge in [-0.3, -0.25) is 0 Å². The first-order valence-corrected chi connectivity index (χ1v) is 9.14. The fraction of sp³-hybridized carbons (Fsp3) is 0.600. The molecule has 2 unspecified atom stereocenters. The van der Waals surface area contributed by atoms with Crippen molar-refractivity contribution in [3.05, 3.63) is 34.9 Å². The highest BCUT2D eigenvalue weighted by Gasteiger charge is 2.23. The predicted molar refractivity (Wildman–Crippen MR) is 85.9 cm³/mol. The Bertz CT molecular complexity index is 516. The van der Waals surface area contributed by atoms with Crippen LogP contribution in [0.15, 0.2) is 24.3 Å². The summed E-state index contributed by atoms with van der Waals surface area (Å²) in [5.74, 6) is 0.00827. The Morgan fingerprint density at radius 1 is 1.25 bits per heavy atom. The van der Waals surface area contributed by atoms with E-state index in [0.29, 0.717) is 17.0 Å². The Kier molecular flexibility index (Phi) is 7.00. The molecule has 0 spiro atoms. The van der Waals surface area contributed by atoms with Crippen LogP contribution in [0.5, 0.6) is 0 Å². The van der Waals surface area contributed by atoms with Gasteiger partial charge in [-0.25, -0.2) is 8.42 Å². The van der Waals surface area contributed by atoms with Gasteiger partial charge >= 0.3 is 0 Å². The predicted octanol–water partition coefficient (Wildman–Crippen LogP) is 3.42. The third-order valence-corrected chi connectivity index (χ3v) is 5.86. The maximum Gasteiger partial charge on any atom is 0.157 e. The number of sulfone groups is 1. The highest BCUT2D eigenvalue weighted by atomic mass is 35.5. The van der Waals surface area contributed by atoms with Gasteiger partial charge in [0.05, 0.1) is 11.0 Å². The van der Waals surface area contributed by atoms with Crippen LogP contribution in [-0.2, 0) is 15.6 Å². The van der Waals surface area contributed by atoms with Crippen molar-refractivity contribution in [1.29, 1.82) is 0 Å². The molecule has 0 aliphatic rings. The molecule has 0 fully saturated rings. The lowest BCUT2D eigenvalue weighted by molar-refractivity contribution is 0.497. The molecule has 1 rings (SSSR count). The summed E-state index contributed by atoms with van der Waals surface area (Å²) in [7, 11) is -3.18. The molecule has 20 heavy (non-hydrogen) atoms. The van der Waals surface area contributed by atoms with Crippen LogP contribution in [-0.4, -0.2) is 26.3 Å². The first-order valence-electron chi connectivity index (χ1n) is 7.05. The Labute approximate surface area is 127 Å². The van der Waals surface area contributed by atoms with Crippen molar-refractivity contribution >= 4 is 21.4 Å². The molecule has 3 nitrogen and oxygen atoms in total. The van der Waals surface area contributed by atoms with E-state index in [2.05, 4.69) is 12.2 Å². The fourth-order valence-corrected chi connectivity index (χ4v) is 3.93. The minimum Gasteiger partial charge on any atom is -0.314 e. The quantitative estimate of drug-likeness (QED) is 0.799.